The molecule has 0 aliphatic rings. The van der Waals surface area contributed by atoms with Crippen LogP contribution in [0.2, 0.25) is 5.02 Å². The highest BCUT2D eigenvalue weighted by Gasteiger charge is 2.13. The number of fused-ring (bicyclic) bond motifs is 1. The first-order valence-electron chi connectivity index (χ1n) is 6.94. The highest BCUT2D eigenvalue weighted by molar-refractivity contribution is 6.35. The average Bonchev–Trinajstić information content (AvgIpc) is 2.81. The smallest absolute Gasteiger partial charge is 0.111 e. The molecule has 4 heteroatoms. The van der Waals surface area contributed by atoms with Crippen LogP contribution in [0.15, 0.2) is 42.5 Å². The van der Waals surface area contributed by atoms with E-state index >= 15 is 0 Å². The number of rotatable bonds is 4. The number of hydrogen-bond acceptors (Lipinski definition) is 1. The van der Waals surface area contributed by atoms with Crippen molar-refractivity contribution >= 4 is 34.2 Å². The molecule has 3 aromatic rings. The Labute approximate surface area is 134 Å². The minimum atomic E-state index is 0.550. The Hall–Kier alpha value is -1.51. The highest BCUT2D eigenvalue weighted by Crippen LogP contribution is 2.26. The number of nitrogens with zero attached hydrogens (tertiary/aromatic N) is 2. The van der Waals surface area contributed by atoms with Gasteiger partial charge in [0.15, 0.2) is 0 Å². The molecular weight excluding hydrogens is 303 g/mol. The van der Waals surface area contributed by atoms with E-state index in [9.17, 15) is 0 Å². The maximum atomic E-state index is 6.37. The van der Waals surface area contributed by atoms with E-state index in [2.05, 4.69) is 40.7 Å². The van der Waals surface area contributed by atoms with Gasteiger partial charge < -0.3 is 4.57 Å². The molecule has 2 aromatic carbocycles. The van der Waals surface area contributed by atoms with Gasteiger partial charge >= 0.3 is 0 Å². The van der Waals surface area contributed by atoms with Gasteiger partial charge in [0.1, 0.15) is 5.82 Å². The van der Waals surface area contributed by atoms with Crippen molar-refractivity contribution in [1.29, 1.82) is 0 Å². The standard InChI is InChI=1S/C17H16Cl2N2/c1-12-5-7-13(8-6-12)11-21-16(9-10-18)20-15-4-2-3-14(19)17(15)21/h2-8H,9-11H2,1H3. The number of alkyl halides is 1. The molecule has 2 nitrogen and oxygen atoms in total. The summed E-state index contributed by atoms with van der Waals surface area (Å²) in [5.41, 5.74) is 4.40. The summed E-state index contributed by atoms with van der Waals surface area (Å²) in [5, 5.41) is 0.730. The Morgan fingerprint density at radius 3 is 2.57 bits per heavy atom. The Morgan fingerprint density at radius 1 is 1.10 bits per heavy atom. The van der Waals surface area contributed by atoms with Crippen molar-refractivity contribution < 1.29 is 0 Å². The molecule has 0 saturated heterocycles. The molecule has 0 saturated carbocycles. The predicted molar refractivity (Wildman–Crippen MR) is 89.4 cm³/mol. The SMILES string of the molecule is Cc1ccc(Cn2c(CCCl)nc3cccc(Cl)c32)cc1. The summed E-state index contributed by atoms with van der Waals surface area (Å²) in [5.74, 6) is 1.53. The van der Waals surface area contributed by atoms with Crippen molar-refractivity contribution in [1.82, 2.24) is 9.55 Å². The fraction of sp³-hybridized carbons (Fsp3) is 0.235. The Morgan fingerprint density at radius 2 is 1.86 bits per heavy atom. The van der Waals surface area contributed by atoms with Crippen LogP contribution in [0, 0.1) is 6.92 Å². The first-order valence-corrected chi connectivity index (χ1v) is 7.85. The van der Waals surface area contributed by atoms with Crippen molar-refractivity contribution in [3.63, 3.8) is 0 Å². The molecule has 108 valence electrons. The third kappa shape index (κ3) is 2.92. The van der Waals surface area contributed by atoms with Crippen LogP contribution in [0.1, 0.15) is 17.0 Å². The molecule has 3 rings (SSSR count). The minimum absolute atomic E-state index is 0.550. The molecule has 0 aliphatic carbocycles. The zero-order valence-corrected chi connectivity index (χ0v) is 13.3. The first kappa shape index (κ1) is 14.4. The van der Waals surface area contributed by atoms with Gasteiger partial charge in [-0.15, -0.1) is 11.6 Å². The molecule has 1 heterocycles. The predicted octanol–water partition coefficient (Wildman–Crippen LogP) is 4.83. The lowest BCUT2D eigenvalue weighted by molar-refractivity contribution is 0.754. The second kappa shape index (κ2) is 6.08. The molecule has 0 radical (unpaired) electrons. The molecule has 0 fully saturated rings. The number of aryl methyl sites for hydroxylation is 2. The molecular formula is C17H16Cl2N2. The minimum Gasteiger partial charge on any atom is -0.322 e. The van der Waals surface area contributed by atoms with Crippen LogP contribution in [0.3, 0.4) is 0 Å². The number of para-hydroxylation sites is 1. The van der Waals surface area contributed by atoms with Crippen molar-refractivity contribution in [2.75, 3.05) is 5.88 Å². The highest BCUT2D eigenvalue weighted by atomic mass is 35.5. The lowest BCUT2D eigenvalue weighted by Gasteiger charge is -2.10. The summed E-state index contributed by atoms with van der Waals surface area (Å²) in [6.45, 7) is 2.85. The van der Waals surface area contributed by atoms with E-state index in [4.69, 9.17) is 23.2 Å². The van der Waals surface area contributed by atoms with E-state index in [1.165, 1.54) is 11.1 Å². The largest absolute Gasteiger partial charge is 0.322 e. The van der Waals surface area contributed by atoms with Crippen LogP contribution in [0.5, 0.6) is 0 Å². The number of hydrogen-bond donors (Lipinski definition) is 0. The zero-order chi connectivity index (χ0) is 14.8. The summed E-state index contributed by atoms with van der Waals surface area (Å²) in [4.78, 5) is 4.67. The lowest BCUT2D eigenvalue weighted by atomic mass is 10.1. The molecule has 0 N–H and O–H groups in total. The molecule has 0 atom stereocenters. The van der Waals surface area contributed by atoms with Gasteiger partial charge in [-0.1, -0.05) is 47.5 Å². The third-order valence-electron chi connectivity index (χ3n) is 3.58. The fourth-order valence-corrected chi connectivity index (χ4v) is 2.95. The molecule has 0 bridgehead atoms. The van der Waals surface area contributed by atoms with Gasteiger partial charge in [-0.3, -0.25) is 0 Å². The van der Waals surface area contributed by atoms with Crippen molar-refractivity contribution in [3.05, 3.63) is 64.4 Å². The first-order chi connectivity index (χ1) is 10.2. The van der Waals surface area contributed by atoms with Gasteiger partial charge in [-0.25, -0.2) is 4.98 Å². The van der Waals surface area contributed by atoms with Gasteiger partial charge in [-0.05, 0) is 24.6 Å². The molecule has 21 heavy (non-hydrogen) atoms. The van der Waals surface area contributed by atoms with E-state index in [1.807, 2.05) is 18.2 Å². The molecule has 1 aromatic heterocycles. The number of aromatic nitrogens is 2. The van der Waals surface area contributed by atoms with E-state index in [0.29, 0.717) is 5.88 Å². The van der Waals surface area contributed by atoms with Crippen LogP contribution in [-0.4, -0.2) is 15.4 Å². The van der Waals surface area contributed by atoms with E-state index in [1.54, 1.807) is 0 Å². The Kier molecular flexibility index (Phi) is 4.18. The van der Waals surface area contributed by atoms with Gasteiger partial charge in [-0.2, -0.15) is 0 Å². The molecule has 0 aliphatic heterocycles. The van der Waals surface area contributed by atoms with Crippen LogP contribution in [0.25, 0.3) is 11.0 Å². The van der Waals surface area contributed by atoms with Crippen LogP contribution >= 0.6 is 23.2 Å². The summed E-state index contributed by atoms with van der Waals surface area (Å²) in [7, 11) is 0. The zero-order valence-electron chi connectivity index (χ0n) is 11.8. The van der Waals surface area contributed by atoms with E-state index < -0.39 is 0 Å². The fourth-order valence-electron chi connectivity index (χ4n) is 2.51. The van der Waals surface area contributed by atoms with Crippen LogP contribution < -0.4 is 0 Å². The molecule has 0 spiro atoms. The quantitative estimate of drug-likeness (QED) is 0.630. The van der Waals surface area contributed by atoms with Crippen LogP contribution in [0.4, 0.5) is 0 Å². The number of imidazole rings is 1. The van der Waals surface area contributed by atoms with Crippen molar-refractivity contribution in [2.45, 2.75) is 19.9 Å². The maximum absolute atomic E-state index is 6.37. The number of halogens is 2. The van der Waals surface area contributed by atoms with Gasteiger partial charge in [0, 0.05) is 18.8 Å². The summed E-state index contributed by atoms with van der Waals surface area (Å²) >= 11 is 12.3. The topological polar surface area (TPSA) is 17.8 Å². The maximum Gasteiger partial charge on any atom is 0.111 e. The van der Waals surface area contributed by atoms with Crippen LogP contribution in [-0.2, 0) is 13.0 Å². The lowest BCUT2D eigenvalue weighted by Crippen LogP contribution is -2.06. The summed E-state index contributed by atoms with van der Waals surface area (Å²) < 4.78 is 2.17. The summed E-state index contributed by atoms with van der Waals surface area (Å²) in [6.07, 6.45) is 0.735. The van der Waals surface area contributed by atoms with Crippen molar-refractivity contribution in [2.24, 2.45) is 0 Å². The van der Waals surface area contributed by atoms with Gasteiger partial charge in [0.05, 0.1) is 16.1 Å². The third-order valence-corrected chi connectivity index (χ3v) is 4.07. The Bertz CT molecular complexity index is 760. The molecule has 0 amide bonds. The van der Waals surface area contributed by atoms with Crippen molar-refractivity contribution in [3.8, 4) is 0 Å². The second-order valence-corrected chi connectivity index (χ2v) is 5.93. The average molecular weight is 319 g/mol. The number of benzene rings is 2. The van der Waals surface area contributed by atoms with Gasteiger partial charge in [0.2, 0.25) is 0 Å². The van der Waals surface area contributed by atoms with E-state index in [0.717, 1.165) is 34.8 Å². The monoisotopic (exact) mass is 318 g/mol. The Balaban J connectivity index is 2.10. The van der Waals surface area contributed by atoms with Gasteiger partial charge in [0.25, 0.3) is 0 Å². The van der Waals surface area contributed by atoms with E-state index in [-0.39, 0.29) is 0 Å². The molecule has 0 unspecified atom stereocenters. The second-order valence-electron chi connectivity index (χ2n) is 5.15. The normalized spacial score (nSPS) is 11.2. The summed E-state index contributed by atoms with van der Waals surface area (Å²) in [6, 6.07) is 14.4.